The van der Waals surface area contributed by atoms with E-state index in [2.05, 4.69) is 48.5 Å². The van der Waals surface area contributed by atoms with Crippen LogP contribution in [0.1, 0.15) is 49.5 Å². The highest BCUT2D eigenvalue weighted by atomic mass is 33.1. The molecular formula is C30H44N2O4S4Si2. The SMILES string of the molecule is CCOC(OCC)[SiH2]CC(CSSCC(C[SiH2]C(OCC)OCC)c1nc2ccccc2s1)c1nc2ccccc2s1. The van der Waals surface area contributed by atoms with Crippen LogP contribution in [-0.4, -0.2) is 78.8 Å². The van der Waals surface area contributed by atoms with Crippen LogP contribution in [0.25, 0.3) is 20.4 Å². The maximum atomic E-state index is 5.93. The van der Waals surface area contributed by atoms with E-state index in [0.29, 0.717) is 38.3 Å². The predicted molar refractivity (Wildman–Crippen MR) is 190 cm³/mol. The van der Waals surface area contributed by atoms with E-state index in [4.69, 9.17) is 28.9 Å². The lowest BCUT2D eigenvalue weighted by atomic mass is 10.2. The topological polar surface area (TPSA) is 62.7 Å². The number of para-hydroxylation sites is 2. The molecule has 0 radical (unpaired) electrons. The van der Waals surface area contributed by atoms with Gasteiger partial charge in [-0.3, -0.25) is 0 Å². The van der Waals surface area contributed by atoms with Crippen LogP contribution in [0.5, 0.6) is 0 Å². The highest BCUT2D eigenvalue weighted by Gasteiger charge is 2.23. The van der Waals surface area contributed by atoms with Gasteiger partial charge in [-0.2, -0.15) is 0 Å². The van der Waals surface area contributed by atoms with Crippen molar-refractivity contribution < 1.29 is 18.9 Å². The second-order valence-electron chi connectivity index (χ2n) is 9.84. The molecule has 2 heterocycles. The second-order valence-corrected chi connectivity index (χ2v) is 18.2. The lowest BCUT2D eigenvalue weighted by Gasteiger charge is -2.21. The summed E-state index contributed by atoms with van der Waals surface area (Å²) in [6, 6.07) is 19.2. The normalized spacial score (nSPS) is 14.1. The van der Waals surface area contributed by atoms with Crippen molar-refractivity contribution in [3.05, 3.63) is 58.5 Å². The van der Waals surface area contributed by atoms with E-state index < -0.39 is 19.0 Å². The Balaban J connectivity index is 1.42. The lowest BCUT2D eigenvalue weighted by Crippen LogP contribution is -2.26. The fourth-order valence-corrected chi connectivity index (χ4v) is 14.9. The number of hydrogen-bond donors (Lipinski definition) is 0. The van der Waals surface area contributed by atoms with Crippen molar-refractivity contribution in [1.29, 1.82) is 0 Å². The van der Waals surface area contributed by atoms with Crippen molar-refractivity contribution in [2.45, 2.75) is 63.4 Å². The molecule has 4 aromatic rings. The minimum absolute atomic E-state index is 0.0217. The molecule has 42 heavy (non-hydrogen) atoms. The highest BCUT2D eigenvalue weighted by molar-refractivity contribution is 8.76. The van der Waals surface area contributed by atoms with Crippen LogP contribution in [-0.2, 0) is 18.9 Å². The molecule has 0 aliphatic heterocycles. The Morgan fingerprint density at radius 3 is 1.36 bits per heavy atom. The Labute approximate surface area is 271 Å². The molecule has 6 nitrogen and oxygen atoms in total. The third-order valence-electron chi connectivity index (χ3n) is 6.85. The van der Waals surface area contributed by atoms with E-state index in [1.165, 1.54) is 19.4 Å². The Morgan fingerprint density at radius 2 is 1.00 bits per heavy atom. The van der Waals surface area contributed by atoms with Gasteiger partial charge in [0.1, 0.15) is 11.8 Å². The second kappa shape index (κ2) is 18.9. The zero-order valence-corrected chi connectivity index (χ0v) is 31.3. The molecular weight excluding hydrogens is 637 g/mol. The average molecular weight is 681 g/mol. The first-order chi connectivity index (χ1) is 20.6. The average Bonchev–Trinajstić information content (AvgIpc) is 3.63. The van der Waals surface area contributed by atoms with Crippen molar-refractivity contribution >= 4 is 83.7 Å². The monoisotopic (exact) mass is 680 g/mol. The number of nitrogens with zero attached hydrogens (tertiary/aromatic N) is 2. The summed E-state index contributed by atoms with van der Waals surface area (Å²) in [6.45, 7) is 11.0. The Morgan fingerprint density at radius 1 is 0.619 bits per heavy atom. The molecule has 0 N–H and O–H groups in total. The Hall–Kier alpha value is -0.806. The number of benzene rings is 2. The van der Waals surface area contributed by atoms with Gasteiger partial charge in [0.2, 0.25) is 0 Å². The van der Waals surface area contributed by atoms with Gasteiger partial charge in [-0.05, 0) is 64.0 Å². The summed E-state index contributed by atoms with van der Waals surface area (Å²) in [7, 11) is 2.79. The van der Waals surface area contributed by atoms with Crippen LogP contribution in [0.3, 0.4) is 0 Å². The van der Waals surface area contributed by atoms with Gasteiger partial charge < -0.3 is 18.9 Å². The third-order valence-corrected chi connectivity index (χ3v) is 15.8. The molecule has 0 aliphatic carbocycles. The van der Waals surface area contributed by atoms with E-state index in [-0.39, 0.29) is 11.8 Å². The van der Waals surface area contributed by atoms with Crippen LogP contribution in [0.2, 0.25) is 12.1 Å². The zero-order valence-electron chi connectivity index (χ0n) is 25.2. The van der Waals surface area contributed by atoms with Crippen LogP contribution in [0, 0.1) is 0 Å². The maximum Gasteiger partial charge on any atom is 0.134 e. The number of ether oxygens (including phenoxy) is 4. The van der Waals surface area contributed by atoms with Gasteiger partial charge in [0.05, 0.1) is 49.5 Å². The Bertz CT molecular complexity index is 1150. The van der Waals surface area contributed by atoms with Crippen molar-refractivity contribution in [3.63, 3.8) is 0 Å². The molecule has 2 atom stereocenters. The van der Waals surface area contributed by atoms with Gasteiger partial charge in [-0.1, -0.05) is 45.9 Å². The molecule has 0 bridgehead atoms. The highest BCUT2D eigenvalue weighted by Crippen LogP contribution is 2.39. The molecule has 0 spiro atoms. The summed E-state index contributed by atoms with van der Waals surface area (Å²) in [5, 5.41) is 2.49. The standard InChI is InChI=1S/C30H44N2O4S4Si2/c1-5-33-29(34-6-2)41-19-21(27-31-23-13-9-11-15-25(23)39-27)17-37-38-18-22(20-42-30(35-7-3)36-8-4)28-32-24-14-10-12-16-26(24)40-28/h9-16,21-22,29-30H,5-8,17-20,41-42H2,1-4H3. The van der Waals surface area contributed by atoms with Gasteiger partial charge in [0, 0.05) is 49.8 Å². The molecule has 2 aromatic heterocycles. The smallest absolute Gasteiger partial charge is 0.134 e. The molecule has 2 aromatic carbocycles. The summed E-state index contributed by atoms with van der Waals surface area (Å²) in [6.07, 6.45) is 0. The van der Waals surface area contributed by atoms with Crippen molar-refractivity contribution in [2.24, 2.45) is 0 Å². The predicted octanol–water partition coefficient (Wildman–Crippen LogP) is 7.04. The number of fused-ring (bicyclic) bond motifs is 2. The number of aromatic nitrogens is 2. The summed E-state index contributed by atoms with van der Waals surface area (Å²) in [5.74, 6) is 2.84. The molecule has 0 aliphatic rings. The Kier molecular flexibility index (Phi) is 15.3. The van der Waals surface area contributed by atoms with Crippen molar-refractivity contribution in [1.82, 2.24) is 9.97 Å². The van der Waals surface area contributed by atoms with Crippen LogP contribution in [0.15, 0.2) is 48.5 Å². The van der Waals surface area contributed by atoms with Crippen molar-refractivity contribution in [3.8, 4) is 0 Å². The molecule has 0 amide bonds. The molecule has 12 heteroatoms. The van der Waals surface area contributed by atoms with Crippen LogP contribution < -0.4 is 0 Å². The van der Waals surface area contributed by atoms with Crippen LogP contribution >= 0.6 is 44.3 Å². The number of hydrogen-bond acceptors (Lipinski definition) is 10. The van der Waals surface area contributed by atoms with E-state index in [1.807, 2.05) is 72.0 Å². The minimum atomic E-state index is -0.589. The maximum absolute atomic E-state index is 5.93. The number of rotatable bonds is 21. The number of thiazole rings is 2. The van der Waals surface area contributed by atoms with E-state index >= 15 is 0 Å². The molecule has 0 saturated carbocycles. The van der Waals surface area contributed by atoms with Gasteiger partial charge in [0.25, 0.3) is 0 Å². The first kappa shape index (κ1) is 34.1. The molecule has 2 unspecified atom stereocenters. The fraction of sp³-hybridized carbons (Fsp3) is 0.533. The molecule has 4 rings (SSSR count). The summed E-state index contributed by atoms with van der Waals surface area (Å²) >= 11 is 3.69. The summed E-state index contributed by atoms with van der Waals surface area (Å²) in [5.41, 5.74) is 2.21. The van der Waals surface area contributed by atoms with E-state index in [1.54, 1.807) is 0 Å². The zero-order chi connectivity index (χ0) is 29.6. The summed E-state index contributed by atoms with van der Waals surface area (Å²) in [4.78, 5) is 10.1. The van der Waals surface area contributed by atoms with Gasteiger partial charge in [0.15, 0.2) is 0 Å². The lowest BCUT2D eigenvalue weighted by molar-refractivity contribution is -0.0830. The minimum Gasteiger partial charge on any atom is -0.357 e. The van der Waals surface area contributed by atoms with Crippen molar-refractivity contribution in [2.75, 3.05) is 37.9 Å². The first-order valence-corrected chi connectivity index (χ1v) is 22.8. The molecule has 0 saturated heterocycles. The van der Waals surface area contributed by atoms with E-state index in [9.17, 15) is 0 Å². The first-order valence-electron chi connectivity index (χ1n) is 15.1. The third kappa shape index (κ3) is 10.4. The van der Waals surface area contributed by atoms with E-state index in [0.717, 1.165) is 34.6 Å². The largest absolute Gasteiger partial charge is 0.357 e. The van der Waals surface area contributed by atoms with Gasteiger partial charge >= 0.3 is 0 Å². The molecule has 230 valence electrons. The fourth-order valence-electron chi connectivity index (χ4n) is 4.79. The molecule has 0 fully saturated rings. The van der Waals surface area contributed by atoms with Crippen LogP contribution in [0.4, 0.5) is 0 Å². The van der Waals surface area contributed by atoms with Gasteiger partial charge in [-0.25, -0.2) is 9.97 Å². The van der Waals surface area contributed by atoms with Gasteiger partial charge in [-0.15, -0.1) is 22.7 Å². The quantitative estimate of drug-likeness (QED) is 0.0402. The summed E-state index contributed by atoms with van der Waals surface area (Å²) < 4.78 is 26.2.